The Balaban J connectivity index is 1.77. The maximum absolute atomic E-state index is 13.7. The molecule has 3 rings (SSSR count). The summed E-state index contributed by atoms with van der Waals surface area (Å²) in [6.07, 6.45) is -4.45. The molecule has 7 nitrogen and oxygen atoms in total. The lowest BCUT2D eigenvalue weighted by atomic mass is 10.1. The largest absolute Gasteiger partial charge is 0.446 e. The third kappa shape index (κ3) is 5.25. The minimum absolute atomic E-state index is 0.0283. The fourth-order valence-electron chi connectivity index (χ4n) is 3.40. The summed E-state index contributed by atoms with van der Waals surface area (Å²) in [6, 6.07) is 1.00. The fourth-order valence-corrected chi connectivity index (χ4v) is 4.43. The molecule has 176 valence electrons. The average molecular weight is 473 g/mol. The molecule has 2 aromatic rings. The lowest BCUT2D eigenvalue weighted by Crippen LogP contribution is -2.42. The molecule has 1 aliphatic rings. The van der Waals surface area contributed by atoms with Crippen LogP contribution in [0, 0.1) is 5.92 Å². The summed E-state index contributed by atoms with van der Waals surface area (Å²) in [6.45, 7) is 6.64. The van der Waals surface area contributed by atoms with Gasteiger partial charge in [-0.25, -0.2) is 9.78 Å². The van der Waals surface area contributed by atoms with E-state index in [1.807, 2.05) is 20.8 Å². The first-order chi connectivity index (χ1) is 15.0. The Kier molecular flexibility index (Phi) is 7.16. The van der Waals surface area contributed by atoms with Crippen LogP contribution in [-0.4, -0.2) is 49.3 Å². The Labute approximate surface area is 188 Å². The van der Waals surface area contributed by atoms with Crippen LogP contribution in [0.4, 0.5) is 23.8 Å². The molecule has 3 heterocycles. The summed E-state index contributed by atoms with van der Waals surface area (Å²) in [5, 5.41) is 6.62. The molecular formula is C21H27F3N4O3S. The average Bonchev–Trinajstić information content (AvgIpc) is 3.16. The standard InChI is InChI=1S/C21H27F3N4O3S/c1-11(2)12(3)26-20(30)31-13-5-7-28(8-6-13)16-9-15(21(22,23)24)18-17(27-16)14(10-32-18)19(29)25-4/h9-13H,5-8H2,1-4H3,(H,25,29)(H,26,30)/t12-/m0/s1. The van der Waals surface area contributed by atoms with Crippen LogP contribution >= 0.6 is 11.3 Å². The van der Waals surface area contributed by atoms with Crippen molar-refractivity contribution >= 4 is 39.4 Å². The van der Waals surface area contributed by atoms with Crippen molar-refractivity contribution in [1.29, 1.82) is 0 Å². The van der Waals surface area contributed by atoms with Gasteiger partial charge in [-0.2, -0.15) is 13.2 Å². The predicted molar refractivity (Wildman–Crippen MR) is 117 cm³/mol. The number of nitrogens with one attached hydrogen (secondary N) is 2. The maximum atomic E-state index is 13.7. The highest BCUT2D eigenvalue weighted by molar-refractivity contribution is 7.17. The highest BCUT2D eigenvalue weighted by Gasteiger charge is 2.36. The van der Waals surface area contributed by atoms with Crippen molar-refractivity contribution in [2.75, 3.05) is 25.0 Å². The van der Waals surface area contributed by atoms with E-state index in [2.05, 4.69) is 15.6 Å². The van der Waals surface area contributed by atoms with Gasteiger partial charge in [0.05, 0.1) is 21.3 Å². The quantitative estimate of drug-likeness (QED) is 0.673. The zero-order valence-electron chi connectivity index (χ0n) is 18.4. The molecule has 1 aliphatic heterocycles. The number of alkyl carbamates (subject to hydrolysis) is 1. The molecule has 32 heavy (non-hydrogen) atoms. The van der Waals surface area contributed by atoms with Gasteiger partial charge in [0.2, 0.25) is 0 Å². The second-order valence-corrected chi connectivity index (χ2v) is 9.08. The first-order valence-corrected chi connectivity index (χ1v) is 11.3. The summed E-state index contributed by atoms with van der Waals surface area (Å²) in [5.74, 6) is -0.0579. The van der Waals surface area contributed by atoms with E-state index >= 15 is 0 Å². The second-order valence-electron chi connectivity index (χ2n) is 8.20. The van der Waals surface area contributed by atoms with Gasteiger partial charge in [0, 0.05) is 44.4 Å². The minimum Gasteiger partial charge on any atom is -0.446 e. The fraction of sp³-hybridized carbons (Fsp3) is 0.571. The summed E-state index contributed by atoms with van der Waals surface area (Å²) < 4.78 is 46.6. The molecule has 0 spiro atoms. The minimum atomic E-state index is -4.58. The number of hydrogen-bond acceptors (Lipinski definition) is 6. The number of nitrogens with zero attached hydrogens (tertiary/aromatic N) is 2. The highest BCUT2D eigenvalue weighted by Crippen LogP contribution is 2.40. The van der Waals surface area contributed by atoms with Gasteiger partial charge in [0.15, 0.2) is 0 Å². The van der Waals surface area contributed by atoms with E-state index in [0.717, 1.165) is 17.4 Å². The maximum Gasteiger partial charge on any atom is 0.417 e. The molecule has 1 saturated heterocycles. The van der Waals surface area contributed by atoms with E-state index in [9.17, 15) is 22.8 Å². The third-order valence-electron chi connectivity index (χ3n) is 5.67. The number of amides is 2. The van der Waals surface area contributed by atoms with Crippen LogP contribution < -0.4 is 15.5 Å². The molecule has 1 fully saturated rings. The molecule has 2 amide bonds. The number of carbonyl (C=O) groups is 2. The predicted octanol–water partition coefficient (Wildman–Crippen LogP) is 4.41. The molecule has 0 aliphatic carbocycles. The molecule has 0 unspecified atom stereocenters. The number of halogens is 3. The normalized spacial score (nSPS) is 16.3. The number of aromatic nitrogens is 1. The van der Waals surface area contributed by atoms with Crippen LogP contribution in [0.3, 0.4) is 0 Å². The van der Waals surface area contributed by atoms with Gasteiger partial charge in [-0.15, -0.1) is 11.3 Å². The Bertz CT molecular complexity index is 985. The SMILES string of the molecule is CNC(=O)c1csc2c(C(F)(F)F)cc(N3CCC(OC(=O)N[C@@H](C)C(C)C)CC3)nc12. The molecule has 2 N–H and O–H groups in total. The number of hydrogen-bond donors (Lipinski definition) is 2. The molecule has 11 heteroatoms. The van der Waals surface area contributed by atoms with Crippen LogP contribution in [0.1, 0.15) is 49.5 Å². The summed E-state index contributed by atoms with van der Waals surface area (Å²) >= 11 is 0.854. The van der Waals surface area contributed by atoms with Gasteiger partial charge in [-0.05, 0) is 18.9 Å². The number of piperidine rings is 1. The van der Waals surface area contributed by atoms with E-state index in [4.69, 9.17) is 4.74 Å². The number of carbonyl (C=O) groups excluding carboxylic acids is 2. The molecule has 0 bridgehead atoms. The van der Waals surface area contributed by atoms with Crippen LogP contribution in [0.2, 0.25) is 0 Å². The van der Waals surface area contributed by atoms with Gasteiger partial charge >= 0.3 is 12.3 Å². The third-order valence-corrected chi connectivity index (χ3v) is 6.67. The molecular weight excluding hydrogens is 445 g/mol. The van der Waals surface area contributed by atoms with Crippen molar-refractivity contribution < 1.29 is 27.5 Å². The molecule has 1 atom stereocenters. The molecule has 0 radical (unpaired) electrons. The van der Waals surface area contributed by atoms with Crippen LogP contribution in [0.25, 0.3) is 10.2 Å². The van der Waals surface area contributed by atoms with E-state index in [1.54, 1.807) is 4.90 Å². The van der Waals surface area contributed by atoms with Gasteiger partial charge in [-0.1, -0.05) is 13.8 Å². The van der Waals surface area contributed by atoms with E-state index in [0.29, 0.717) is 25.9 Å². The topological polar surface area (TPSA) is 83.6 Å². The lowest BCUT2D eigenvalue weighted by molar-refractivity contribution is -0.136. The van der Waals surface area contributed by atoms with E-state index in [1.165, 1.54) is 12.4 Å². The lowest BCUT2D eigenvalue weighted by Gasteiger charge is -2.33. The zero-order chi connectivity index (χ0) is 23.6. The van der Waals surface area contributed by atoms with Crippen molar-refractivity contribution in [2.24, 2.45) is 5.92 Å². The summed E-state index contributed by atoms with van der Waals surface area (Å²) in [7, 11) is 1.42. The number of fused-ring (bicyclic) bond motifs is 1. The number of alkyl halides is 3. The first-order valence-electron chi connectivity index (χ1n) is 10.4. The summed E-state index contributed by atoms with van der Waals surface area (Å²) in [4.78, 5) is 30.3. The van der Waals surface area contributed by atoms with Crippen molar-refractivity contribution in [1.82, 2.24) is 15.6 Å². The van der Waals surface area contributed by atoms with Crippen LogP contribution in [0.5, 0.6) is 0 Å². The van der Waals surface area contributed by atoms with Crippen LogP contribution in [-0.2, 0) is 10.9 Å². The van der Waals surface area contributed by atoms with Gasteiger partial charge in [-0.3, -0.25) is 4.79 Å². The Morgan fingerprint density at radius 2 is 1.91 bits per heavy atom. The monoisotopic (exact) mass is 472 g/mol. The molecule has 0 saturated carbocycles. The number of rotatable bonds is 5. The number of anilines is 1. The Morgan fingerprint density at radius 3 is 2.47 bits per heavy atom. The smallest absolute Gasteiger partial charge is 0.417 e. The van der Waals surface area contributed by atoms with Crippen molar-refractivity contribution in [3.8, 4) is 0 Å². The van der Waals surface area contributed by atoms with Crippen molar-refractivity contribution in [2.45, 2.75) is 51.9 Å². The zero-order valence-corrected chi connectivity index (χ0v) is 19.2. The van der Waals surface area contributed by atoms with Crippen molar-refractivity contribution in [3.63, 3.8) is 0 Å². The van der Waals surface area contributed by atoms with Gasteiger partial charge in [0.1, 0.15) is 11.9 Å². The van der Waals surface area contributed by atoms with Crippen LogP contribution in [0.15, 0.2) is 11.4 Å². The first kappa shape index (κ1) is 24.1. The highest BCUT2D eigenvalue weighted by atomic mass is 32.1. The molecule has 2 aromatic heterocycles. The summed E-state index contributed by atoms with van der Waals surface area (Å²) in [5.41, 5.74) is -0.647. The van der Waals surface area contributed by atoms with Gasteiger partial charge in [0.25, 0.3) is 5.91 Å². The second kappa shape index (κ2) is 9.51. The molecule has 0 aromatic carbocycles. The van der Waals surface area contributed by atoms with E-state index in [-0.39, 0.29) is 39.7 Å². The van der Waals surface area contributed by atoms with Gasteiger partial charge < -0.3 is 20.3 Å². The van der Waals surface area contributed by atoms with Crippen molar-refractivity contribution in [3.05, 3.63) is 22.6 Å². The Morgan fingerprint density at radius 1 is 1.25 bits per heavy atom. The van der Waals surface area contributed by atoms with E-state index < -0.39 is 23.7 Å². The number of pyridine rings is 1. The number of thiophene rings is 1. The number of ether oxygens (including phenoxy) is 1. The Hall–Kier alpha value is -2.56.